The second-order valence-corrected chi connectivity index (χ2v) is 4.40. The third-order valence-electron chi connectivity index (χ3n) is 2.99. The number of para-hydroxylation sites is 1. The van der Waals surface area contributed by atoms with Crippen LogP contribution in [0, 0.1) is 0 Å². The fourth-order valence-corrected chi connectivity index (χ4v) is 1.95. The molecular weight excluding hydrogens is 252 g/mol. The van der Waals surface area contributed by atoms with Crippen molar-refractivity contribution >= 4 is 17.8 Å². The number of benzene rings is 1. The summed E-state index contributed by atoms with van der Waals surface area (Å²) in [6.45, 7) is 0.445. The highest BCUT2D eigenvalue weighted by Gasteiger charge is 2.15. The summed E-state index contributed by atoms with van der Waals surface area (Å²) in [5, 5.41) is 4.26. The van der Waals surface area contributed by atoms with Gasteiger partial charge in [0, 0.05) is 30.7 Å². The van der Waals surface area contributed by atoms with Crippen LogP contribution in [0.15, 0.2) is 55.0 Å². The van der Waals surface area contributed by atoms with Gasteiger partial charge < -0.3 is 5.32 Å². The average molecular weight is 266 g/mol. The minimum Gasteiger partial charge on any atom is -0.332 e. The van der Waals surface area contributed by atoms with Crippen LogP contribution in [0.5, 0.6) is 0 Å². The Bertz CT molecular complexity index is 639. The lowest BCUT2D eigenvalue weighted by Crippen LogP contribution is -2.40. The topological polar surface area (TPSA) is 57.3 Å². The molecule has 5 heteroatoms. The molecule has 0 atom stereocenters. The molecule has 0 bridgehead atoms. The van der Waals surface area contributed by atoms with Crippen molar-refractivity contribution in [3.05, 3.63) is 66.1 Å². The van der Waals surface area contributed by atoms with Crippen molar-refractivity contribution in [3.63, 3.8) is 0 Å². The van der Waals surface area contributed by atoms with E-state index < -0.39 is 0 Å². The summed E-state index contributed by atoms with van der Waals surface area (Å²) in [6, 6.07) is 11.4. The van der Waals surface area contributed by atoms with Crippen LogP contribution in [0.25, 0.3) is 6.08 Å². The third kappa shape index (κ3) is 2.61. The molecule has 0 radical (unpaired) electrons. The van der Waals surface area contributed by atoms with Gasteiger partial charge in [0.15, 0.2) is 0 Å². The van der Waals surface area contributed by atoms with Gasteiger partial charge in [0.1, 0.15) is 0 Å². The molecule has 0 unspecified atom stereocenters. The molecule has 0 spiro atoms. The molecular formula is C15H14N4O. The zero-order chi connectivity index (χ0) is 13.8. The van der Waals surface area contributed by atoms with Crippen LogP contribution in [0.4, 0.5) is 10.5 Å². The van der Waals surface area contributed by atoms with Crippen LogP contribution < -0.4 is 10.7 Å². The number of urea groups is 1. The maximum Gasteiger partial charge on any atom is 0.340 e. The van der Waals surface area contributed by atoms with Crippen molar-refractivity contribution in [1.82, 2.24) is 15.3 Å². The Morgan fingerprint density at radius 3 is 3.00 bits per heavy atom. The molecule has 1 aliphatic heterocycles. The average Bonchev–Trinajstić information content (AvgIpc) is 2.53. The number of hydrogen-bond donors (Lipinski definition) is 2. The van der Waals surface area contributed by atoms with E-state index in [1.165, 1.54) is 5.01 Å². The summed E-state index contributed by atoms with van der Waals surface area (Å²) in [4.78, 5) is 16.1. The maximum absolute atomic E-state index is 12.1. The van der Waals surface area contributed by atoms with Gasteiger partial charge >= 0.3 is 6.03 Å². The van der Waals surface area contributed by atoms with Crippen molar-refractivity contribution in [2.45, 2.75) is 6.54 Å². The number of fused-ring (bicyclic) bond motifs is 1. The van der Waals surface area contributed by atoms with Crippen LogP contribution in [0.2, 0.25) is 0 Å². The first kappa shape index (κ1) is 12.2. The van der Waals surface area contributed by atoms with Gasteiger partial charge in [-0.3, -0.25) is 10.4 Å². The Hall–Kier alpha value is -2.82. The summed E-state index contributed by atoms with van der Waals surface area (Å²) in [5.41, 5.74) is 5.98. The van der Waals surface area contributed by atoms with Gasteiger partial charge in [0.05, 0.1) is 5.69 Å². The quantitative estimate of drug-likeness (QED) is 0.878. The molecule has 1 aliphatic rings. The minimum absolute atomic E-state index is 0.209. The van der Waals surface area contributed by atoms with Crippen LogP contribution in [0.3, 0.4) is 0 Å². The Labute approximate surface area is 116 Å². The molecule has 20 heavy (non-hydrogen) atoms. The van der Waals surface area contributed by atoms with Gasteiger partial charge in [0.25, 0.3) is 0 Å². The predicted octanol–water partition coefficient (Wildman–Crippen LogP) is 2.60. The molecule has 2 heterocycles. The lowest BCUT2D eigenvalue weighted by atomic mass is 10.1. The highest BCUT2D eigenvalue weighted by Crippen LogP contribution is 2.21. The zero-order valence-corrected chi connectivity index (χ0v) is 10.8. The molecule has 3 rings (SSSR count). The van der Waals surface area contributed by atoms with Gasteiger partial charge in [-0.05, 0) is 23.8 Å². The van der Waals surface area contributed by atoms with Crippen LogP contribution >= 0.6 is 0 Å². The van der Waals surface area contributed by atoms with Gasteiger partial charge in [0.2, 0.25) is 0 Å². The SMILES string of the molecule is O=C(NCc1cccnc1)N1C=Cc2ccccc2N1. The summed E-state index contributed by atoms with van der Waals surface area (Å²) in [7, 11) is 0. The predicted molar refractivity (Wildman–Crippen MR) is 77.4 cm³/mol. The first-order valence-corrected chi connectivity index (χ1v) is 6.33. The van der Waals surface area contributed by atoms with Gasteiger partial charge in [-0.1, -0.05) is 24.3 Å². The first-order valence-electron chi connectivity index (χ1n) is 6.33. The number of pyridine rings is 1. The molecule has 1 aromatic carbocycles. The Morgan fingerprint density at radius 2 is 2.15 bits per heavy atom. The third-order valence-corrected chi connectivity index (χ3v) is 2.99. The second kappa shape index (κ2) is 5.44. The Morgan fingerprint density at radius 1 is 1.25 bits per heavy atom. The molecule has 0 saturated carbocycles. The van der Waals surface area contributed by atoms with Crippen molar-refractivity contribution in [1.29, 1.82) is 0 Å². The first-order chi connectivity index (χ1) is 9.83. The smallest absolute Gasteiger partial charge is 0.332 e. The van der Waals surface area contributed by atoms with E-state index >= 15 is 0 Å². The number of rotatable bonds is 2. The molecule has 2 N–H and O–H groups in total. The van der Waals surface area contributed by atoms with E-state index in [4.69, 9.17) is 0 Å². The van der Waals surface area contributed by atoms with E-state index in [9.17, 15) is 4.79 Å². The number of hydrogen-bond acceptors (Lipinski definition) is 3. The molecule has 0 saturated heterocycles. The number of hydrazine groups is 1. The van der Waals surface area contributed by atoms with Gasteiger partial charge in [-0.25, -0.2) is 9.80 Å². The lowest BCUT2D eigenvalue weighted by Gasteiger charge is -2.25. The molecule has 1 aromatic heterocycles. The second-order valence-electron chi connectivity index (χ2n) is 4.40. The number of nitrogens with one attached hydrogen (secondary N) is 2. The largest absolute Gasteiger partial charge is 0.340 e. The summed E-state index contributed by atoms with van der Waals surface area (Å²) >= 11 is 0. The molecule has 100 valence electrons. The van der Waals surface area contributed by atoms with Crippen molar-refractivity contribution in [2.75, 3.05) is 5.43 Å². The van der Waals surface area contributed by atoms with Gasteiger partial charge in [-0.15, -0.1) is 0 Å². The Kier molecular flexibility index (Phi) is 3.33. The van der Waals surface area contributed by atoms with Gasteiger partial charge in [-0.2, -0.15) is 0 Å². The van der Waals surface area contributed by atoms with E-state index in [1.54, 1.807) is 18.6 Å². The normalized spacial score (nSPS) is 12.5. The number of anilines is 1. The number of carbonyl (C=O) groups excluding carboxylic acids is 1. The molecule has 0 fully saturated rings. The highest BCUT2D eigenvalue weighted by atomic mass is 16.2. The molecule has 2 aromatic rings. The fourth-order valence-electron chi connectivity index (χ4n) is 1.95. The fraction of sp³-hybridized carbons (Fsp3) is 0.0667. The van der Waals surface area contributed by atoms with Crippen LogP contribution in [-0.4, -0.2) is 16.0 Å². The number of aromatic nitrogens is 1. The maximum atomic E-state index is 12.1. The van der Waals surface area contributed by atoms with Crippen LogP contribution in [-0.2, 0) is 6.54 Å². The van der Waals surface area contributed by atoms with E-state index in [-0.39, 0.29) is 6.03 Å². The molecule has 5 nitrogen and oxygen atoms in total. The van der Waals surface area contributed by atoms with E-state index in [1.807, 2.05) is 42.5 Å². The number of amides is 2. The Balaban J connectivity index is 1.62. The van der Waals surface area contributed by atoms with Crippen molar-refractivity contribution in [3.8, 4) is 0 Å². The minimum atomic E-state index is -0.209. The number of nitrogens with zero attached hydrogens (tertiary/aromatic N) is 2. The summed E-state index contributed by atoms with van der Waals surface area (Å²) < 4.78 is 0. The van der Waals surface area contributed by atoms with E-state index in [2.05, 4.69) is 15.7 Å². The van der Waals surface area contributed by atoms with Crippen molar-refractivity contribution < 1.29 is 4.79 Å². The standard InChI is InChI=1S/C15H14N4O/c20-15(17-11-12-4-3-8-16-10-12)19-9-7-13-5-1-2-6-14(13)18-19/h1-10,18H,11H2,(H,17,20). The lowest BCUT2D eigenvalue weighted by molar-refractivity contribution is 0.221. The van der Waals surface area contributed by atoms with Crippen LogP contribution in [0.1, 0.15) is 11.1 Å². The summed E-state index contributed by atoms with van der Waals surface area (Å²) in [5.74, 6) is 0. The molecule has 0 aliphatic carbocycles. The number of carbonyl (C=O) groups is 1. The van der Waals surface area contributed by atoms with Crippen molar-refractivity contribution in [2.24, 2.45) is 0 Å². The monoisotopic (exact) mass is 266 g/mol. The molecule has 2 amide bonds. The van der Waals surface area contributed by atoms with E-state index in [0.29, 0.717) is 6.54 Å². The zero-order valence-electron chi connectivity index (χ0n) is 10.8. The summed E-state index contributed by atoms with van der Waals surface area (Å²) in [6.07, 6.45) is 7.04. The van der Waals surface area contributed by atoms with E-state index in [0.717, 1.165) is 16.8 Å². The highest BCUT2D eigenvalue weighted by molar-refractivity contribution is 5.81.